The van der Waals surface area contributed by atoms with Crippen LogP contribution in [0.25, 0.3) is 10.9 Å². The van der Waals surface area contributed by atoms with Crippen molar-refractivity contribution < 1.29 is 18.0 Å². The SMILES string of the molecule is CN(C)S(=O)(=O)c1cccc(C(=O)NNC(=O)c2c(Br)c3ccccc3n2C)c1. The number of fused-ring (bicyclic) bond motifs is 1. The fraction of sp³-hybridized carbons (Fsp3) is 0.158. The van der Waals surface area contributed by atoms with Gasteiger partial charge in [0, 0.05) is 37.6 Å². The standard InChI is InChI=1S/C19H19BrN4O4S/c1-23(2)29(27,28)13-8-6-7-12(11-13)18(25)21-22-19(26)17-16(20)14-9-4-5-10-15(14)24(17)3/h4-11H,1-3H3,(H,21,25)(H,22,26). The second-order valence-electron chi connectivity index (χ2n) is 6.46. The summed E-state index contributed by atoms with van der Waals surface area (Å²) in [7, 11) is 0.886. The summed E-state index contributed by atoms with van der Waals surface area (Å²) in [6.45, 7) is 0. The first-order valence-electron chi connectivity index (χ1n) is 8.50. The third kappa shape index (κ3) is 3.91. The average molecular weight is 479 g/mol. The van der Waals surface area contributed by atoms with Crippen LogP contribution in [0.1, 0.15) is 20.8 Å². The number of nitrogens with one attached hydrogen (secondary N) is 2. The Balaban J connectivity index is 1.79. The lowest BCUT2D eigenvalue weighted by atomic mass is 10.2. The van der Waals surface area contributed by atoms with E-state index in [2.05, 4.69) is 26.8 Å². The van der Waals surface area contributed by atoms with Crippen LogP contribution in [0.4, 0.5) is 0 Å². The fourth-order valence-corrected chi connectivity index (χ4v) is 4.58. The first-order chi connectivity index (χ1) is 13.6. The summed E-state index contributed by atoms with van der Waals surface area (Å²) in [6, 6.07) is 13.1. The molecule has 0 saturated heterocycles. The van der Waals surface area contributed by atoms with E-state index in [0.717, 1.165) is 15.2 Å². The number of nitrogens with zero attached hydrogens (tertiary/aromatic N) is 2. The fourth-order valence-electron chi connectivity index (χ4n) is 2.85. The maximum atomic E-state index is 12.6. The minimum atomic E-state index is -3.68. The third-order valence-corrected chi connectivity index (χ3v) is 7.04. The van der Waals surface area contributed by atoms with E-state index in [1.807, 2.05) is 24.3 Å². The number of aromatic nitrogens is 1. The molecule has 0 unspecified atom stereocenters. The first kappa shape index (κ1) is 21.0. The van der Waals surface area contributed by atoms with Gasteiger partial charge in [0.1, 0.15) is 5.69 Å². The molecule has 10 heteroatoms. The van der Waals surface area contributed by atoms with Crippen molar-refractivity contribution in [2.24, 2.45) is 7.05 Å². The van der Waals surface area contributed by atoms with Gasteiger partial charge in [-0.3, -0.25) is 20.4 Å². The van der Waals surface area contributed by atoms with Crippen LogP contribution in [0.3, 0.4) is 0 Å². The van der Waals surface area contributed by atoms with Crippen LogP contribution in [0.15, 0.2) is 57.9 Å². The lowest BCUT2D eigenvalue weighted by molar-refractivity contribution is 0.0841. The number of rotatable bonds is 4. The van der Waals surface area contributed by atoms with E-state index in [0.29, 0.717) is 10.2 Å². The Morgan fingerprint density at radius 3 is 2.31 bits per heavy atom. The average Bonchev–Trinajstić information content (AvgIpc) is 2.96. The van der Waals surface area contributed by atoms with Crippen molar-refractivity contribution in [2.75, 3.05) is 14.1 Å². The van der Waals surface area contributed by atoms with Crippen molar-refractivity contribution in [2.45, 2.75) is 4.90 Å². The molecular weight excluding hydrogens is 460 g/mol. The molecular formula is C19H19BrN4O4S. The summed E-state index contributed by atoms with van der Waals surface area (Å²) < 4.78 is 27.9. The highest BCUT2D eigenvalue weighted by Crippen LogP contribution is 2.29. The Labute approximate surface area is 176 Å². The van der Waals surface area contributed by atoms with E-state index < -0.39 is 21.8 Å². The molecule has 0 spiro atoms. The molecule has 0 fully saturated rings. The van der Waals surface area contributed by atoms with Gasteiger partial charge < -0.3 is 4.57 Å². The van der Waals surface area contributed by atoms with Gasteiger partial charge in [-0.05, 0) is 40.2 Å². The van der Waals surface area contributed by atoms with E-state index >= 15 is 0 Å². The van der Waals surface area contributed by atoms with Gasteiger partial charge in [0.15, 0.2) is 0 Å². The highest BCUT2D eigenvalue weighted by atomic mass is 79.9. The minimum absolute atomic E-state index is 0.0158. The number of sulfonamides is 1. The van der Waals surface area contributed by atoms with E-state index in [-0.39, 0.29) is 10.5 Å². The largest absolute Gasteiger partial charge is 0.339 e. The number of hydrogen-bond acceptors (Lipinski definition) is 4. The summed E-state index contributed by atoms with van der Waals surface area (Å²) in [5, 5.41) is 0.869. The molecule has 8 nitrogen and oxygen atoms in total. The Kier molecular flexibility index (Phi) is 5.78. The van der Waals surface area contributed by atoms with Crippen molar-refractivity contribution in [3.05, 3.63) is 64.3 Å². The monoisotopic (exact) mass is 478 g/mol. The van der Waals surface area contributed by atoms with Crippen LogP contribution in [0.5, 0.6) is 0 Å². The van der Waals surface area contributed by atoms with Gasteiger partial charge in [-0.2, -0.15) is 0 Å². The van der Waals surface area contributed by atoms with E-state index in [1.54, 1.807) is 11.6 Å². The van der Waals surface area contributed by atoms with E-state index in [9.17, 15) is 18.0 Å². The van der Waals surface area contributed by atoms with Crippen molar-refractivity contribution in [1.29, 1.82) is 0 Å². The highest BCUT2D eigenvalue weighted by molar-refractivity contribution is 9.10. The van der Waals surface area contributed by atoms with Gasteiger partial charge in [-0.25, -0.2) is 12.7 Å². The van der Waals surface area contributed by atoms with Crippen LogP contribution in [0, 0.1) is 0 Å². The molecule has 0 aliphatic rings. The van der Waals surface area contributed by atoms with Gasteiger partial charge in [0.25, 0.3) is 11.8 Å². The molecule has 3 aromatic rings. The summed E-state index contributed by atoms with van der Waals surface area (Å²) in [6.07, 6.45) is 0. The molecule has 0 saturated carbocycles. The number of aryl methyl sites for hydroxylation is 1. The Morgan fingerprint density at radius 2 is 1.66 bits per heavy atom. The molecule has 3 rings (SSSR count). The number of carbonyl (C=O) groups excluding carboxylic acids is 2. The van der Waals surface area contributed by atoms with Crippen molar-refractivity contribution in [3.8, 4) is 0 Å². The molecule has 1 heterocycles. The zero-order valence-corrected chi connectivity index (χ0v) is 18.3. The number of halogens is 1. The number of para-hydroxylation sites is 1. The second-order valence-corrected chi connectivity index (χ2v) is 9.41. The second kappa shape index (κ2) is 7.97. The summed E-state index contributed by atoms with van der Waals surface area (Å²) in [4.78, 5) is 25.0. The quantitative estimate of drug-likeness (QED) is 0.561. The van der Waals surface area contributed by atoms with E-state index in [1.165, 1.54) is 38.4 Å². The number of carbonyl (C=O) groups is 2. The lowest BCUT2D eigenvalue weighted by Gasteiger charge is -2.13. The maximum absolute atomic E-state index is 12.6. The minimum Gasteiger partial charge on any atom is -0.339 e. The van der Waals surface area contributed by atoms with E-state index in [4.69, 9.17) is 0 Å². The van der Waals surface area contributed by atoms with Gasteiger partial charge in [0.05, 0.1) is 9.37 Å². The molecule has 29 heavy (non-hydrogen) atoms. The third-order valence-electron chi connectivity index (χ3n) is 4.42. The predicted octanol–water partition coefficient (Wildman–Crippen LogP) is 2.27. The molecule has 1 aromatic heterocycles. The number of amides is 2. The molecule has 0 aliphatic carbocycles. The summed E-state index contributed by atoms with van der Waals surface area (Å²) in [5.74, 6) is -1.15. The lowest BCUT2D eigenvalue weighted by Crippen LogP contribution is -2.42. The predicted molar refractivity (Wildman–Crippen MR) is 113 cm³/mol. The van der Waals surface area contributed by atoms with Crippen molar-refractivity contribution >= 4 is 48.7 Å². The number of hydrazine groups is 1. The molecule has 0 radical (unpaired) electrons. The van der Waals surface area contributed by atoms with Gasteiger partial charge in [-0.1, -0.05) is 24.3 Å². The van der Waals surface area contributed by atoms with Crippen molar-refractivity contribution in [1.82, 2.24) is 19.7 Å². The highest BCUT2D eigenvalue weighted by Gasteiger charge is 2.21. The summed E-state index contributed by atoms with van der Waals surface area (Å²) in [5.41, 5.74) is 6.00. The van der Waals surface area contributed by atoms with Crippen LogP contribution < -0.4 is 10.9 Å². The van der Waals surface area contributed by atoms with Gasteiger partial charge in [-0.15, -0.1) is 0 Å². The Morgan fingerprint density at radius 1 is 1.00 bits per heavy atom. The number of hydrogen-bond donors (Lipinski definition) is 2. The molecule has 2 aromatic carbocycles. The van der Waals surface area contributed by atoms with Gasteiger partial charge in [0.2, 0.25) is 10.0 Å². The Hall–Kier alpha value is -2.69. The van der Waals surface area contributed by atoms with Gasteiger partial charge >= 0.3 is 0 Å². The molecule has 2 N–H and O–H groups in total. The van der Waals surface area contributed by atoms with Crippen LogP contribution in [-0.4, -0.2) is 43.2 Å². The first-order valence-corrected chi connectivity index (χ1v) is 10.7. The molecule has 0 atom stereocenters. The van der Waals surface area contributed by atoms with Crippen LogP contribution in [0.2, 0.25) is 0 Å². The summed E-state index contributed by atoms with van der Waals surface area (Å²) >= 11 is 3.43. The topological polar surface area (TPSA) is 101 Å². The normalized spacial score (nSPS) is 11.6. The van der Waals surface area contributed by atoms with Crippen molar-refractivity contribution in [3.63, 3.8) is 0 Å². The zero-order valence-electron chi connectivity index (χ0n) is 15.9. The van der Waals surface area contributed by atoms with Crippen LogP contribution >= 0.6 is 15.9 Å². The molecule has 2 amide bonds. The smallest absolute Gasteiger partial charge is 0.287 e. The Bertz CT molecular complexity index is 1180. The molecule has 0 aliphatic heterocycles. The molecule has 152 valence electrons. The number of benzene rings is 2. The molecule has 0 bridgehead atoms. The maximum Gasteiger partial charge on any atom is 0.287 e. The van der Waals surface area contributed by atoms with Crippen LogP contribution in [-0.2, 0) is 17.1 Å². The zero-order chi connectivity index (χ0) is 21.3.